The predicted molar refractivity (Wildman–Crippen MR) is 235 cm³/mol. The molecule has 1 aliphatic rings. The number of fused-ring (bicyclic) bond motifs is 3. The van der Waals surface area contributed by atoms with Crippen molar-refractivity contribution in [2.45, 2.75) is 32.1 Å². The number of aromatic nitrogens is 2. The third-order valence-electron chi connectivity index (χ3n) is 11.5. The molecule has 9 rings (SSSR count). The van der Waals surface area contributed by atoms with Gasteiger partial charge in [0.15, 0.2) is 0 Å². The number of nitrogens with zero attached hydrogens (tertiary/aromatic N) is 3. The lowest BCUT2D eigenvalue weighted by Gasteiger charge is -2.32. The first-order chi connectivity index (χ1) is 27.6. The lowest BCUT2D eigenvalue weighted by molar-refractivity contribution is 0.490. The first-order valence-electron chi connectivity index (χ1n) is 19.6. The van der Waals surface area contributed by atoms with Crippen molar-refractivity contribution in [3.8, 4) is 44.6 Å². The van der Waals surface area contributed by atoms with E-state index in [4.69, 9.17) is 0 Å². The summed E-state index contributed by atoms with van der Waals surface area (Å²) in [5, 5.41) is 0. The first-order valence-corrected chi connectivity index (χ1v) is 19.6. The minimum Gasteiger partial charge on any atom is -0.310 e. The van der Waals surface area contributed by atoms with Crippen LogP contribution in [0.25, 0.3) is 56.8 Å². The van der Waals surface area contributed by atoms with Gasteiger partial charge in [-0.1, -0.05) is 153 Å². The van der Waals surface area contributed by atoms with Crippen molar-refractivity contribution in [1.29, 1.82) is 0 Å². The van der Waals surface area contributed by atoms with Crippen LogP contribution in [0.15, 0.2) is 188 Å². The predicted octanol–water partition coefficient (Wildman–Crippen LogP) is 14.2. The van der Waals surface area contributed by atoms with Crippen LogP contribution in [-0.2, 0) is 5.41 Å². The summed E-state index contributed by atoms with van der Waals surface area (Å²) in [6.45, 7) is 4.69. The topological polar surface area (TPSA) is 29.0 Å². The second-order valence-corrected chi connectivity index (χ2v) is 14.5. The molecule has 0 N–H and O–H groups in total. The maximum absolute atomic E-state index is 4.59. The van der Waals surface area contributed by atoms with Crippen LogP contribution in [-0.4, -0.2) is 9.97 Å². The molecule has 0 spiro atoms. The minimum atomic E-state index is -0.0686. The summed E-state index contributed by atoms with van der Waals surface area (Å²) in [5.74, 6) is 0. The summed E-state index contributed by atoms with van der Waals surface area (Å²) in [7, 11) is 0. The fourth-order valence-corrected chi connectivity index (χ4v) is 8.59. The van der Waals surface area contributed by atoms with Crippen molar-refractivity contribution in [2.75, 3.05) is 4.90 Å². The van der Waals surface area contributed by atoms with Crippen LogP contribution in [0.5, 0.6) is 0 Å². The van der Waals surface area contributed by atoms with Crippen LogP contribution >= 0.6 is 0 Å². The molecular weight excluding hydrogens is 679 g/mol. The molecule has 8 aromatic rings. The van der Waals surface area contributed by atoms with Gasteiger partial charge in [0.25, 0.3) is 0 Å². The Hall–Kier alpha value is -6.84. The van der Waals surface area contributed by atoms with Gasteiger partial charge in [0, 0.05) is 34.2 Å². The SMILES string of the molecule is CCC1(CC)c2cc(/C=C/c3ccc(-c4cc(-c5ccccc5)ccc4-c4ccncn4)cc3)ccc2-c2ccc(N(c3ccccc3)c3ccccc3)cc21. The Morgan fingerprint density at radius 3 is 1.68 bits per heavy atom. The number of anilines is 3. The Kier molecular flexibility index (Phi) is 9.42. The van der Waals surface area contributed by atoms with Crippen LogP contribution < -0.4 is 4.90 Å². The largest absolute Gasteiger partial charge is 0.310 e. The van der Waals surface area contributed by atoms with Gasteiger partial charge in [-0.05, 0) is 117 Å². The van der Waals surface area contributed by atoms with Crippen molar-refractivity contribution in [2.24, 2.45) is 0 Å². The molecule has 1 heterocycles. The lowest BCUT2D eigenvalue weighted by atomic mass is 9.73. The van der Waals surface area contributed by atoms with Crippen LogP contribution in [0.4, 0.5) is 17.1 Å². The molecule has 0 radical (unpaired) electrons. The molecule has 1 aromatic heterocycles. The van der Waals surface area contributed by atoms with Crippen molar-refractivity contribution < 1.29 is 0 Å². The molecule has 1 aliphatic carbocycles. The van der Waals surface area contributed by atoms with Crippen LogP contribution in [0, 0.1) is 0 Å². The van der Waals surface area contributed by atoms with Gasteiger partial charge in [-0.2, -0.15) is 0 Å². The molecule has 0 saturated carbocycles. The van der Waals surface area contributed by atoms with Gasteiger partial charge < -0.3 is 4.90 Å². The Morgan fingerprint density at radius 2 is 1.04 bits per heavy atom. The molecule has 56 heavy (non-hydrogen) atoms. The summed E-state index contributed by atoms with van der Waals surface area (Å²) in [6.07, 6.45) is 9.96. The second-order valence-electron chi connectivity index (χ2n) is 14.5. The van der Waals surface area contributed by atoms with Crippen molar-refractivity contribution >= 4 is 29.2 Å². The van der Waals surface area contributed by atoms with Gasteiger partial charge in [-0.15, -0.1) is 0 Å². The highest BCUT2D eigenvalue weighted by Crippen LogP contribution is 2.54. The van der Waals surface area contributed by atoms with E-state index in [1.54, 1.807) is 12.5 Å². The van der Waals surface area contributed by atoms with Gasteiger partial charge >= 0.3 is 0 Å². The normalized spacial score (nSPS) is 12.7. The average molecular weight is 722 g/mol. The van der Waals surface area contributed by atoms with E-state index in [9.17, 15) is 0 Å². The number of rotatable bonds is 10. The van der Waals surface area contributed by atoms with E-state index in [1.807, 2.05) is 6.07 Å². The van der Waals surface area contributed by atoms with Crippen LogP contribution in [0.3, 0.4) is 0 Å². The fraction of sp³-hybridized carbons (Fsp3) is 0.0943. The third-order valence-corrected chi connectivity index (χ3v) is 11.5. The molecule has 0 atom stereocenters. The lowest BCUT2D eigenvalue weighted by Crippen LogP contribution is -2.23. The highest BCUT2D eigenvalue weighted by Gasteiger charge is 2.41. The van der Waals surface area contributed by atoms with E-state index in [1.165, 1.54) is 44.6 Å². The van der Waals surface area contributed by atoms with E-state index in [0.717, 1.165) is 52.2 Å². The average Bonchev–Trinajstić information content (AvgIpc) is 3.55. The first kappa shape index (κ1) is 34.9. The summed E-state index contributed by atoms with van der Waals surface area (Å²) < 4.78 is 0. The molecule has 0 unspecified atom stereocenters. The number of hydrogen-bond donors (Lipinski definition) is 0. The van der Waals surface area contributed by atoms with Gasteiger partial charge in [-0.25, -0.2) is 9.97 Å². The summed E-state index contributed by atoms with van der Waals surface area (Å²) in [4.78, 5) is 11.1. The maximum Gasteiger partial charge on any atom is 0.116 e. The minimum absolute atomic E-state index is 0.0686. The Morgan fingerprint density at radius 1 is 0.464 bits per heavy atom. The van der Waals surface area contributed by atoms with Crippen molar-refractivity contribution in [1.82, 2.24) is 9.97 Å². The molecule has 7 aromatic carbocycles. The van der Waals surface area contributed by atoms with Crippen LogP contribution in [0.1, 0.15) is 48.9 Å². The number of hydrogen-bond acceptors (Lipinski definition) is 3. The van der Waals surface area contributed by atoms with Gasteiger partial charge in [0.2, 0.25) is 0 Å². The highest BCUT2D eigenvalue weighted by atomic mass is 15.1. The van der Waals surface area contributed by atoms with Gasteiger partial charge in [0.1, 0.15) is 6.33 Å². The van der Waals surface area contributed by atoms with Crippen molar-refractivity contribution in [3.05, 3.63) is 211 Å². The molecule has 0 aliphatic heterocycles. The van der Waals surface area contributed by atoms with E-state index >= 15 is 0 Å². The molecule has 0 bridgehead atoms. The molecule has 0 amide bonds. The standard InChI is InChI=1S/C53H43N3/c1-3-53(4-2)50-34-39(24-29-46(50)47-31-28-45(36-51(47)53)56(43-16-10-6-11-17-43)44-18-12-7-13-19-44)21-20-38-22-25-41(26-23-38)49-35-42(40-14-8-5-9-15-40)27-30-48(49)52-32-33-54-37-55-52/h5-37H,3-4H2,1-2H3/b21-20+. The molecule has 3 heteroatoms. The quantitative estimate of drug-likeness (QED) is 0.132. The summed E-state index contributed by atoms with van der Waals surface area (Å²) in [6, 6.07) is 63.5. The van der Waals surface area contributed by atoms with E-state index in [-0.39, 0.29) is 5.41 Å². The Bertz CT molecular complexity index is 2590. The molecule has 0 fully saturated rings. The fourth-order valence-electron chi connectivity index (χ4n) is 8.59. The van der Waals surface area contributed by atoms with Gasteiger partial charge in [-0.3, -0.25) is 0 Å². The molecule has 270 valence electrons. The smallest absolute Gasteiger partial charge is 0.116 e. The Balaban J connectivity index is 1.03. The van der Waals surface area contributed by atoms with Gasteiger partial charge in [0.05, 0.1) is 5.69 Å². The van der Waals surface area contributed by atoms with E-state index < -0.39 is 0 Å². The summed E-state index contributed by atoms with van der Waals surface area (Å²) in [5.41, 5.74) is 18.0. The highest BCUT2D eigenvalue weighted by molar-refractivity contribution is 5.88. The monoisotopic (exact) mass is 721 g/mol. The summed E-state index contributed by atoms with van der Waals surface area (Å²) >= 11 is 0. The zero-order valence-corrected chi connectivity index (χ0v) is 31.8. The number of para-hydroxylation sites is 2. The van der Waals surface area contributed by atoms with Crippen molar-refractivity contribution in [3.63, 3.8) is 0 Å². The maximum atomic E-state index is 4.59. The van der Waals surface area contributed by atoms with Crippen LogP contribution in [0.2, 0.25) is 0 Å². The molecular formula is C53H43N3. The zero-order valence-electron chi connectivity index (χ0n) is 31.8. The Labute approximate surface area is 330 Å². The second kappa shape index (κ2) is 15.1. The van der Waals surface area contributed by atoms with E-state index in [2.05, 4.69) is 211 Å². The van der Waals surface area contributed by atoms with E-state index in [0.29, 0.717) is 0 Å². The third kappa shape index (κ3) is 6.41. The molecule has 0 saturated heterocycles. The number of benzene rings is 7. The molecule has 3 nitrogen and oxygen atoms in total. The zero-order chi connectivity index (χ0) is 37.9.